The molecule has 36 heavy (non-hydrogen) atoms. The maximum absolute atomic E-state index is 13.8. The zero-order valence-corrected chi connectivity index (χ0v) is 22.9. The van der Waals surface area contributed by atoms with Crippen LogP contribution in [0.4, 0.5) is 0 Å². The molecule has 0 saturated carbocycles. The van der Waals surface area contributed by atoms with Gasteiger partial charge in [-0.25, -0.2) is 9.79 Å². The number of methoxy groups -OCH3 is 3. The molecular weight excluding hydrogens is 548 g/mol. The van der Waals surface area contributed by atoms with Gasteiger partial charge in [-0.05, 0) is 55.3 Å². The minimum atomic E-state index is -0.790. The van der Waals surface area contributed by atoms with Gasteiger partial charge in [-0.15, -0.1) is 0 Å². The van der Waals surface area contributed by atoms with Gasteiger partial charge < -0.3 is 18.9 Å². The molecule has 10 heteroatoms. The molecule has 0 radical (unpaired) electrons. The van der Waals surface area contributed by atoms with Crippen molar-refractivity contribution < 1.29 is 23.7 Å². The Kier molecular flexibility index (Phi) is 7.65. The van der Waals surface area contributed by atoms with E-state index in [0.29, 0.717) is 42.3 Å². The first-order chi connectivity index (χ1) is 17.3. The fourth-order valence-corrected chi connectivity index (χ4v) is 5.63. The van der Waals surface area contributed by atoms with Crippen molar-refractivity contribution in [1.29, 1.82) is 0 Å². The fourth-order valence-electron chi connectivity index (χ4n) is 4.05. The van der Waals surface area contributed by atoms with Crippen LogP contribution in [-0.2, 0) is 9.53 Å². The average molecular weight is 573 g/mol. The summed E-state index contributed by atoms with van der Waals surface area (Å²) >= 11 is 4.85. The van der Waals surface area contributed by atoms with Gasteiger partial charge >= 0.3 is 5.97 Å². The average Bonchev–Trinajstić information content (AvgIpc) is 3.17. The second kappa shape index (κ2) is 10.7. The van der Waals surface area contributed by atoms with Crippen LogP contribution in [0.1, 0.15) is 31.0 Å². The lowest BCUT2D eigenvalue weighted by Crippen LogP contribution is -2.40. The van der Waals surface area contributed by atoms with Crippen LogP contribution in [-0.4, -0.2) is 38.5 Å². The molecule has 0 fully saturated rings. The molecule has 0 amide bonds. The van der Waals surface area contributed by atoms with Gasteiger partial charge in [0, 0.05) is 4.47 Å². The summed E-state index contributed by atoms with van der Waals surface area (Å²) in [4.78, 5) is 32.0. The first kappa shape index (κ1) is 25.7. The van der Waals surface area contributed by atoms with Gasteiger partial charge in [0.25, 0.3) is 5.56 Å². The van der Waals surface area contributed by atoms with E-state index in [0.717, 1.165) is 5.56 Å². The zero-order valence-electron chi connectivity index (χ0n) is 20.5. The molecule has 3 aromatic rings. The number of ether oxygens (including phenoxy) is 4. The van der Waals surface area contributed by atoms with E-state index >= 15 is 0 Å². The minimum Gasteiger partial charge on any atom is -0.497 e. The molecule has 1 atom stereocenters. The highest BCUT2D eigenvalue weighted by atomic mass is 79.9. The van der Waals surface area contributed by atoms with E-state index in [1.807, 2.05) is 24.3 Å². The summed E-state index contributed by atoms with van der Waals surface area (Å²) in [7, 11) is 4.66. The van der Waals surface area contributed by atoms with Crippen LogP contribution < -0.4 is 29.1 Å². The maximum Gasteiger partial charge on any atom is 0.338 e. The molecule has 1 aromatic heterocycles. The number of hydrogen-bond acceptors (Lipinski definition) is 8. The van der Waals surface area contributed by atoms with E-state index < -0.39 is 12.0 Å². The number of hydrogen-bond donors (Lipinski definition) is 0. The lowest BCUT2D eigenvalue weighted by Gasteiger charge is -2.26. The summed E-state index contributed by atoms with van der Waals surface area (Å²) in [5, 5.41) is 0. The lowest BCUT2D eigenvalue weighted by atomic mass is 9.95. The highest BCUT2D eigenvalue weighted by molar-refractivity contribution is 9.10. The van der Waals surface area contributed by atoms with Crippen molar-refractivity contribution in [2.45, 2.75) is 19.9 Å². The Hall–Kier alpha value is -3.37. The Morgan fingerprint density at radius 1 is 1.14 bits per heavy atom. The third-order valence-corrected chi connectivity index (χ3v) is 7.38. The van der Waals surface area contributed by atoms with Crippen LogP contribution in [0.25, 0.3) is 6.08 Å². The molecule has 0 saturated heterocycles. The molecule has 1 aliphatic rings. The predicted octanol–water partition coefficient (Wildman–Crippen LogP) is 3.59. The third-order valence-electron chi connectivity index (χ3n) is 5.71. The van der Waals surface area contributed by atoms with E-state index in [9.17, 15) is 9.59 Å². The van der Waals surface area contributed by atoms with Crippen molar-refractivity contribution in [2.75, 3.05) is 27.9 Å². The van der Waals surface area contributed by atoms with E-state index in [1.165, 1.54) is 23.0 Å². The fraction of sp³-hybridized carbons (Fsp3) is 0.269. The summed E-state index contributed by atoms with van der Waals surface area (Å²) in [5.41, 5.74) is 1.94. The molecule has 0 aliphatic carbocycles. The molecule has 0 N–H and O–H groups in total. The van der Waals surface area contributed by atoms with E-state index in [2.05, 4.69) is 20.9 Å². The molecule has 0 bridgehead atoms. The highest BCUT2D eigenvalue weighted by Crippen LogP contribution is 2.40. The van der Waals surface area contributed by atoms with Crippen LogP contribution in [0, 0.1) is 0 Å². The molecule has 4 rings (SSSR count). The predicted molar refractivity (Wildman–Crippen MR) is 141 cm³/mol. The van der Waals surface area contributed by atoms with E-state index in [-0.39, 0.29) is 17.7 Å². The number of carbonyl (C=O) groups is 1. The van der Waals surface area contributed by atoms with Gasteiger partial charge in [-0.2, -0.15) is 0 Å². The van der Waals surface area contributed by atoms with Crippen molar-refractivity contribution >= 4 is 39.3 Å². The Balaban J connectivity index is 2.00. The summed E-state index contributed by atoms with van der Waals surface area (Å²) < 4.78 is 24.2. The molecule has 1 aliphatic heterocycles. The van der Waals surface area contributed by atoms with Crippen molar-refractivity contribution in [3.05, 3.63) is 83.0 Å². The number of allylic oxidation sites excluding steroid dienone is 1. The summed E-state index contributed by atoms with van der Waals surface area (Å²) in [6.07, 6.45) is 1.79. The lowest BCUT2D eigenvalue weighted by molar-refractivity contribution is -0.139. The van der Waals surface area contributed by atoms with Gasteiger partial charge in [0.15, 0.2) is 16.3 Å². The molecule has 2 heterocycles. The van der Waals surface area contributed by atoms with Crippen LogP contribution >= 0.6 is 27.3 Å². The quantitative estimate of drug-likeness (QED) is 0.402. The Labute approximate surface area is 220 Å². The van der Waals surface area contributed by atoms with Gasteiger partial charge in [0.05, 0.1) is 49.8 Å². The van der Waals surface area contributed by atoms with Crippen molar-refractivity contribution in [3.8, 4) is 17.2 Å². The standard InChI is InChI=1S/C26H25BrN2O6S/c1-6-35-25(31)22-14(2)28-26-29(23(22)17-12-19(33-4)20(34-5)13-18(17)27)24(30)21(36-26)11-15-8-7-9-16(10-15)32-3/h7-13,23H,6H2,1-5H3/b21-11+/t23-/m1/s1. The van der Waals surface area contributed by atoms with Crippen molar-refractivity contribution in [1.82, 2.24) is 4.57 Å². The Morgan fingerprint density at radius 2 is 1.86 bits per heavy atom. The topological polar surface area (TPSA) is 88.4 Å². The van der Waals surface area contributed by atoms with E-state index in [1.54, 1.807) is 46.3 Å². The molecule has 2 aromatic carbocycles. The van der Waals surface area contributed by atoms with Crippen LogP contribution in [0.5, 0.6) is 17.2 Å². The number of nitrogens with zero attached hydrogens (tertiary/aromatic N) is 2. The van der Waals surface area contributed by atoms with Crippen molar-refractivity contribution in [3.63, 3.8) is 0 Å². The number of aromatic nitrogens is 1. The minimum absolute atomic E-state index is 0.190. The monoisotopic (exact) mass is 572 g/mol. The number of esters is 1. The normalized spacial score (nSPS) is 15.3. The Morgan fingerprint density at radius 3 is 2.53 bits per heavy atom. The van der Waals surface area contributed by atoms with Crippen molar-refractivity contribution in [2.24, 2.45) is 4.99 Å². The van der Waals surface area contributed by atoms with Gasteiger partial charge in [0.1, 0.15) is 5.75 Å². The van der Waals surface area contributed by atoms with Crippen LogP contribution in [0.2, 0.25) is 0 Å². The molecular formula is C26H25BrN2O6S. The Bertz CT molecular complexity index is 1540. The molecule has 8 nitrogen and oxygen atoms in total. The zero-order chi connectivity index (χ0) is 26.0. The maximum atomic E-state index is 13.8. The van der Waals surface area contributed by atoms with Crippen LogP contribution in [0.15, 0.2) is 61.9 Å². The summed E-state index contributed by atoms with van der Waals surface area (Å²) in [5.74, 6) is 1.13. The molecule has 0 unspecified atom stereocenters. The molecule has 188 valence electrons. The first-order valence-corrected chi connectivity index (χ1v) is 12.7. The second-order valence-electron chi connectivity index (χ2n) is 7.81. The second-order valence-corrected chi connectivity index (χ2v) is 9.67. The number of halogens is 1. The summed E-state index contributed by atoms with van der Waals surface area (Å²) in [6.45, 7) is 3.67. The highest BCUT2D eigenvalue weighted by Gasteiger charge is 2.35. The number of carbonyl (C=O) groups excluding carboxylic acids is 1. The largest absolute Gasteiger partial charge is 0.497 e. The number of rotatable bonds is 7. The van der Waals surface area contributed by atoms with Gasteiger partial charge in [-0.3, -0.25) is 9.36 Å². The third kappa shape index (κ3) is 4.70. The number of fused-ring (bicyclic) bond motifs is 1. The summed E-state index contributed by atoms with van der Waals surface area (Å²) in [6, 6.07) is 10.1. The smallest absolute Gasteiger partial charge is 0.338 e. The molecule has 0 spiro atoms. The van der Waals surface area contributed by atoms with E-state index in [4.69, 9.17) is 18.9 Å². The van der Waals surface area contributed by atoms with Gasteiger partial charge in [-0.1, -0.05) is 39.4 Å². The number of benzene rings is 2. The van der Waals surface area contributed by atoms with Crippen LogP contribution in [0.3, 0.4) is 0 Å². The first-order valence-electron chi connectivity index (χ1n) is 11.1. The SMILES string of the molecule is CCOC(=O)C1=C(C)N=c2s/c(=C/c3cccc(OC)c3)c(=O)n2[C@@H]1c1cc(OC)c(OC)cc1Br. The number of thiazole rings is 1. The van der Waals surface area contributed by atoms with Gasteiger partial charge in [0.2, 0.25) is 0 Å².